The molecular weight excluding hydrogens is 334 g/mol. The van der Waals surface area contributed by atoms with Crippen molar-refractivity contribution in [2.24, 2.45) is 0 Å². The number of nitrogen functional groups attached to an aromatic ring is 1. The number of rotatable bonds is 5. The number of fused-ring (bicyclic) bond motifs is 1. The minimum absolute atomic E-state index is 0.512. The third-order valence-electron chi connectivity index (χ3n) is 4.67. The van der Waals surface area contributed by atoms with E-state index in [-0.39, 0.29) is 0 Å². The van der Waals surface area contributed by atoms with E-state index < -0.39 is 0 Å². The maximum absolute atomic E-state index is 6.07. The Morgan fingerprint density at radius 3 is 2.59 bits per heavy atom. The second kappa shape index (κ2) is 7.16. The molecule has 4 heteroatoms. The van der Waals surface area contributed by atoms with Crippen LogP contribution in [0.3, 0.4) is 0 Å². The van der Waals surface area contributed by atoms with Crippen LogP contribution in [0, 0.1) is 0 Å². The van der Waals surface area contributed by atoms with E-state index >= 15 is 0 Å². The Hall–Kier alpha value is -3.27. The first-order chi connectivity index (χ1) is 13.1. The van der Waals surface area contributed by atoms with Crippen LogP contribution >= 0.6 is 0 Å². The third kappa shape index (κ3) is 3.65. The van der Waals surface area contributed by atoms with Crippen LogP contribution in [0.5, 0.6) is 5.75 Å². The van der Waals surface area contributed by atoms with Gasteiger partial charge in [0.2, 0.25) is 0 Å². The summed E-state index contributed by atoms with van der Waals surface area (Å²) in [5.74, 6) is 1.30. The Balaban J connectivity index is 1.58. The highest BCUT2D eigenvalue weighted by Gasteiger charge is 2.09. The smallest absolute Gasteiger partial charge is 0.180 e. The number of anilines is 1. The van der Waals surface area contributed by atoms with Gasteiger partial charge in [0.05, 0.1) is 5.69 Å². The molecule has 2 aromatic heterocycles. The van der Waals surface area contributed by atoms with Gasteiger partial charge in [-0.15, -0.1) is 0 Å². The summed E-state index contributed by atoms with van der Waals surface area (Å²) in [6.45, 7) is 4.91. The van der Waals surface area contributed by atoms with Gasteiger partial charge >= 0.3 is 0 Å². The number of hydrogen-bond acceptors (Lipinski definition) is 3. The highest BCUT2D eigenvalue weighted by molar-refractivity contribution is 5.68. The highest BCUT2D eigenvalue weighted by Crippen LogP contribution is 2.26. The molecule has 4 rings (SSSR count). The number of aromatic nitrogens is 2. The largest absolute Gasteiger partial charge is 0.485 e. The van der Waals surface area contributed by atoms with Crippen LogP contribution in [0.2, 0.25) is 0 Å². The molecule has 4 nitrogen and oxygen atoms in total. The number of hydrogen-bond donors (Lipinski definition) is 1. The first-order valence-electron chi connectivity index (χ1n) is 9.15. The molecule has 0 bridgehead atoms. The number of nitrogens with zero attached hydrogens (tertiary/aromatic N) is 2. The van der Waals surface area contributed by atoms with Gasteiger partial charge in [-0.05, 0) is 41.3 Å². The predicted octanol–water partition coefficient (Wildman–Crippen LogP) is 5.29. The number of imidazole rings is 1. The van der Waals surface area contributed by atoms with E-state index in [1.807, 2.05) is 53.2 Å². The predicted molar refractivity (Wildman–Crippen MR) is 110 cm³/mol. The molecule has 0 fully saturated rings. The number of ether oxygens (including phenoxy) is 1. The lowest BCUT2D eigenvalue weighted by molar-refractivity contribution is 0.308. The van der Waals surface area contributed by atoms with Gasteiger partial charge in [0.1, 0.15) is 6.61 Å². The van der Waals surface area contributed by atoms with Crippen molar-refractivity contribution >= 4 is 11.3 Å². The molecule has 0 amide bonds. The SMILES string of the molecule is CC(C)c1ccc(COc2cccn3cc(-c4cccc(N)c4)nc23)cc1. The van der Waals surface area contributed by atoms with E-state index in [0.29, 0.717) is 12.5 Å². The molecule has 4 aromatic rings. The Labute approximate surface area is 159 Å². The molecule has 0 spiro atoms. The van der Waals surface area contributed by atoms with Crippen molar-refractivity contribution in [3.8, 4) is 17.0 Å². The number of nitrogens with two attached hydrogens (primary N) is 1. The fourth-order valence-electron chi connectivity index (χ4n) is 3.10. The van der Waals surface area contributed by atoms with E-state index in [1.54, 1.807) is 0 Å². The van der Waals surface area contributed by atoms with Crippen LogP contribution < -0.4 is 10.5 Å². The van der Waals surface area contributed by atoms with Gasteiger partial charge in [-0.2, -0.15) is 0 Å². The van der Waals surface area contributed by atoms with Crippen molar-refractivity contribution < 1.29 is 4.74 Å². The Morgan fingerprint density at radius 1 is 1.04 bits per heavy atom. The van der Waals surface area contributed by atoms with Crippen LogP contribution in [-0.2, 0) is 6.61 Å². The van der Waals surface area contributed by atoms with E-state index in [1.165, 1.54) is 5.56 Å². The molecule has 0 atom stereocenters. The Bertz CT molecular complexity index is 1060. The summed E-state index contributed by atoms with van der Waals surface area (Å²) < 4.78 is 8.05. The van der Waals surface area contributed by atoms with Gasteiger partial charge < -0.3 is 14.9 Å². The molecule has 2 heterocycles. The average Bonchev–Trinajstić information content (AvgIpc) is 3.11. The Morgan fingerprint density at radius 2 is 1.85 bits per heavy atom. The summed E-state index contributed by atoms with van der Waals surface area (Å²) in [6, 6.07) is 20.2. The molecule has 0 aliphatic heterocycles. The van der Waals surface area contributed by atoms with Crippen molar-refractivity contribution in [2.45, 2.75) is 26.4 Å². The first kappa shape index (κ1) is 17.2. The van der Waals surface area contributed by atoms with Crippen molar-refractivity contribution in [3.63, 3.8) is 0 Å². The monoisotopic (exact) mass is 357 g/mol. The van der Waals surface area contributed by atoms with Crippen molar-refractivity contribution in [3.05, 3.63) is 84.2 Å². The van der Waals surface area contributed by atoms with E-state index in [2.05, 4.69) is 38.1 Å². The summed E-state index contributed by atoms with van der Waals surface area (Å²) in [5, 5.41) is 0. The molecule has 0 radical (unpaired) electrons. The molecular formula is C23H23N3O. The third-order valence-corrected chi connectivity index (χ3v) is 4.67. The van der Waals surface area contributed by atoms with Crippen LogP contribution in [-0.4, -0.2) is 9.38 Å². The maximum Gasteiger partial charge on any atom is 0.180 e. The standard InChI is InChI=1S/C23H23N3O/c1-16(2)18-10-8-17(9-11-18)15-27-22-7-4-12-26-14-21(25-23(22)26)19-5-3-6-20(24)13-19/h3-14,16H,15,24H2,1-2H3. The van der Waals surface area contributed by atoms with E-state index in [0.717, 1.165) is 33.9 Å². The summed E-state index contributed by atoms with van der Waals surface area (Å²) in [7, 11) is 0. The highest BCUT2D eigenvalue weighted by atomic mass is 16.5. The second-order valence-electron chi connectivity index (χ2n) is 7.04. The molecule has 0 aliphatic rings. The van der Waals surface area contributed by atoms with Crippen molar-refractivity contribution in [1.82, 2.24) is 9.38 Å². The Kier molecular flexibility index (Phi) is 4.55. The molecule has 0 unspecified atom stereocenters. The first-order valence-corrected chi connectivity index (χ1v) is 9.15. The molecule has 27 heavy (non-hydrogen) atoms. The molecule has 2 aromatic carbocycles. The molecule has 0 saturated heterocycles. The summed E-state index contributed by atoms with van der Waals surface area (Å²) >= 11 is 0. The zero-order valence-electron chi connectivity index (χ0n) is 15.6. The van der Waals surface area contributed by atoms with Gasteiger partial charge in [-0.25, -0.2) is 4.98 Å². The lowest BCUT2D eigenvalue weighted by Crippen LogP contribution is -1.98. The summed E-state index contributed by atoms with van der Waals surface area (Å²) in [6.07, 6.45) is 3.97. The van der Waals surface area contributed by atoms with Crippen LogP contribution in [0.4, 0.5) is 5.69 Å². The van der Waals surface area contributed by atoms with Gasteiger partial charge in [0.15, 0.2) is 11.4 Å². The van der Waals surface area contributed by atoms with Crippen LogP contribution in [0.25, 0.3) is 16.9 Å². The normalized spacial score (nSPS) is 11.2. The minimum Gasteiger partial charge on any atom is -0.485 e. The topological polar surface area (TPSA) is 52.5 Å². The quantitative estimate of drug-likeness (QED) is 0.494. The lowest BCUT2D eigenvalue weighted by atomic mass is 10.0. The van der Waals surface area contributed by atoms with Gasteiger partial charge in [0.25, 0.3) is 0 Å². The van der Waals surface area contributed by atoms with Gasteiger partial charge in [-0.1, -0.05) is 50.2 Å². The number of pyridine rings is 1. The van der Waals surface area contributed by atoms with Crippen molar-refractivity contribution in [1.29, 1.82) is 0 Å². The van der Waals surface area contributed by atoms with Gasteiger partial charge in [0, 0.05) is 23.6 Å². The molecule has 0 saturated carbocycles. The van der Waals surface area contributed by atoms with E-state index in [9.17, 15) is 0 Å². The fourth-order valence-corrected chi connectivity index (χ4v) is 3.10. The molecule has 0 aliphatic carbocycles. The zero-order valence-corrected chi connectivity index (χ0v) is 15.6. The summed E-state index contributed by atoms with van der Waals surface area (Å²) in [5.41, 5.74) is 11.8. The molecule has 136 valence electrons. The van der Waals surface area contributed by atoms with E-state index in [4.69, 9.17) is 15.5 Å². The molecule has 2 N–H and O–H groups in total. The van der Waals surface area contributed by atoms with Crippen LogP contribution in [0.15, 0.2) is 73.1 Å². The summed E-state index contributed by atoms with van der Waals surface area (Å²) in [4.78, 5) is 4.76. The minimum atomic E-state index is 0.512. The van der Waals surface area contributed by atoms with Crippen molar-refractivity contribution in [2.75, 3.05) is 5.73 Å². The fraction of sp³-hybridized carbons (Fsp3) is 0.174. The zero-order chi connectivity index (χ0) is 18.8. The lowest BCUT2D eigenvalue weighted by Gasteiger charge is -2.09. The number of benzene rings is 2. The second-order valence-corrected chi connectivity index (χ2v) is 7.04. The maximum atomic E-state index is 6.07. The van der Waals surface area contributed by atoms with Gasteiger partial charge in [-0.3, -0.25) is 0 Å². The average molecular weight is 357 g/mol. The van der Waals surface area contributed by atoms with Crippen LogP contribution in [0.1, 0.15) is 30.9 Å².